The highest BCUT2D eigenvalue weighted by molar-refractivity contribution is 7.90. The summed E-state index contributed by atoms with van der Waals surface area (Å²) in [6.07, 6.45) is 6.29. The van der Waals surface area contributed by atoms with Gasteiger partial charge >= 0.3 is 0 Å². The van der Waals surface area contributed by atoms with Crippen LogP contribution in [-0.2, 0) is 19.5 Å². The third-order valence-corrected chi connectivity index (χ3v) is 6.74. The van der Waals surface area contributed by atoms with Crippen molar-refractivity contribution in [1.29, 1.82) is 0 Å². The van der Waals surface area contributed by atoms with E-state index in [1.807, 2.05) is 0 Å². The number of nitrogens with one attached hydrogen (secondary N) is 1. The van der Waals surface area contributed by atoms with E-state index >= 15 is 0 Å². The van der Waals surface area contributed by atoms with Gasteiger partial charge in [-0.3, -0.25) is 14.9 Å². The standard InChI is InChI=1S/C20H24N4O5S2/c1-24(2)19(26)16-12-21-20(30-16)22-18(25)17(23-29-14-6-4-5-7-14)13-8-10-15(11-9-13)31(3,27)28/h8-12,14H,4-7H2,1-3H3,(H,21,22,25). The first kappa shape index (κ1) is 22.9. The molecular weight excluding hydrogens is 440 g/mol. The fraction of sp³-hybridized carbons (Fsp3) is 0.400. The number of carbonyl (C=O) groups excluding carboxylic acids is 2. The molecule has 0 aliphatic heterocycles. The summed E-state index contributed by atoms with van der Waals surface area (Å²) in [5.41, 5.74) is 0.409. The first-order chi connectivity index (χ1) is 14.6. The van der Waals surface area contributed by atoms with Crippen molar-refractivity contribution in [1.82, 2.24) is 9.88 Å². The molecule has 0 radical (unpaired) electrons. The van der Waals surface area contributed by atoms with Crippen molar-refractivity contribution in [3.8, 4) is 0 Å². The van der Waals surface area contributed by atoms with Crippen LogP contribution < -0.4 is 5.32 Å². The van der Waals surface area contributed by atoms with Crippen LogP contribution in [0.1, 0.15) is 40.9 Å². The summed E-state index contributed by atoms with van der Waals surface area (Å²) >= 11 is 1.05. The van der Waals surface area contributed by atoms with E-state index in [1.165, 1.54) is 35.4 Å². The minimum absolute atomic E-state index is 0.00244. The first-order valence-electron chi connectivity index (χ1n) is 9.68. The lowest BCUT2D eigenvalue weighted by Gasteiger charge is -2.11. The summed E-state index contributed by atoms with van der Waals surface area (Å²) in [7, 11) is -0.107. The SMILES string of the molecule is CN(C)C(=O)c1cnc(NC(=O)C(=NOC2CCCC2)c2ccc(S(C)(=O)=O)cc2)s1. The van der Waals surface area contributed by atoms with E-state index in [2.05, 4.69) is 15.5 Å². The molecule has 1 fully saturated rings. The minimum atomic E-state index is -3.37. The van der Waals surface area contributed by atoms with Crippen LogP contribution in [0.25, 0.3) is 0 Å². The number of benzene rings is 1. The van der Waals surface area contributed by atoms with E-state index < -0.39 is 15.7 Å². The highest BCUT2D eigenvalue weighted by Crippen LogP contribution is 2.23. The highest BCUT2D eigenvalue weighted by atomic mass is 32.2. The van der Waals surface area contributed by atoms with Crippen molar-refractivity contribution in [2.24, 2.45) is 5.16 Å². The lowest BCUT2D eigenvalue weighted by atomic mass is 10.1. The molecule has 166 valence electrons. The average molecular weight is 465 g/mol. The van der Waals surface area contributed by atoms with Gasteiger partial charge in [0.2, 0.25) is 0 Å². The molecule has 0 spiro atoms. The number of hydrogen-bond donors (Lipinski definition) is 1. The van der Waals surface area contributed by atoms with E-state index in [0.717, 1.165) is 43.3 Å². The van der Waals surface area contributed by atoms with Gasteiger partial charge in [0.1, 0.15) is 11.0 Å². The molecule has 3 rings (SSSR count). The van der Waals surface area contributed by atoms with Crippen molar-refractivity contribution in [3.05, 3.63) is 40.9 Å². The lowest BCUT2D eigenvalue weighted by molar-refractivity contribution is -0.110. The van der Waals surface area contributed by atoms with Gasteiger partial charge in [-0.05, 0) is 37.8 Å². The van der Waals surface area contributed by atoms with Crippen LogP contribution in [0.5, 0.6) is 0 Å². The van der Waals surface area contributed by atoms with E-state index in [-0.39, 0.29) is 27.7 Å². The molecule has 11 heteroatoms. The van der Waals surface area contributed by atoms with Crippen molar-refractivity contribution < 1.29 is 22.8 Å². The Morgan fingerprint density at radius 1 is 1.19 bits per heavy atom. The molecule has 1 heterocycles. The summed E-state index contributed by atoms with van der Waals surface area (Å²) in [6, 6.07) is 5.85. The van der Waals surface area contributed by atoms with E-state index in [9.17, 15) is 18.0 Å². The Balaban J connectivity index is 1.84. The molecule has 2 amide bonds. The summed E-state index contributed by atoms with van der Waals surface area (Å²) in [5.74, 6) is -0.781. The minimum Gasteiger partial charge on any atom is -0.392 e. The number of nitrogens with zero attached hydrogens (tertiary/aromatic N) is 3. The fourth-order valence-electron chi connectivity index (χ4n) is 3.01. The second-order valence-electron chi connectivity index (χ2n) is 7.43. The number of oxime groups is 1. The topological polar surface area (TPSA) is 118 Å². The van der Waals surface area contributed by atoms with Crippen LogP contribution in [0, 0.1) is 0 Å². The monoisotopic (exact) mass is 464 g/mol. The summed E-state index contributed by atoms with van der Waals surface area (Å²) in [5, 5.41) is 6.98. The van der Waals surface area contributed by atoms with Crippen LogP contribution >= 0.6 is 11.3 Å². The van der Waals surface area contributed by atoms with E-state index in [4.69, 9.17) is 4.84 Å². The molecule has 1 aromatic carbocycles. The number of amides is 2. The molecule has 2 aromatic rings. The van der Waals surface area contributed by atoms with Gasteiger partial charge in [0.25, 0.3) is 11.8 Å². The predicted molar refractivity (Wildman–Crippen MR) is 118 cm³/mol. The number of sulfone groups is 1. The number of hydrogen-bond acceptors (Lipinski definition) is 8. The third-order valence-electron chi connectivity index (χ3n) is 4.71. The summed E-state index contributed by atoms with van der Waals surface area (Å²) < 4.78 is 23.4. The zero-order valence-corrected chi connectivity index (χ0v) is 19.1. The van der Waals surface area contributed by atoms with Gasteiger partial charge in [-0.25, -0.2) is 13.4 Å². The Labute approximate surface area is 185 Å². The Bertz CT molecular complexity index is 1090. The molecule has 9 nitrogen and oxygen atoms in total. The molecule has 1 aliphatic carbocycles. The molecule has 31 heavy (non-hydrogen) atoms. The van der Waals surface area contributed by atoms with Crippen LogP contribution in [0.15, 0.2) is 40.5 Å². The number of thiazole rings is 1. The van der Waals surface area contributed by atoms with Gasteiger partial charge in [0.15, 0.2) is 20.7 Å². The Kier molecular flexibility index (Phi) is 7.06. The van der Waals surface area contributed by atoms with Crippen LogP contribution in [0.3, 0.4) is 0 Å². The first-order valence-corrected chi connectivity index (χ1v) is 12.4. The Hall–Kier alpha value is -2.79. The molecule has 1 N–H and O–H groups in total. The quantitative estimate of drug-likeness (QED) is 0.497. The van der Waals surface area contributed by atoms with Crippen molar-refractivity contribution >= 4 is 43.8 Å². The molecular formula is C20H24N4O5S2. The van der Waals surface area contributed by atoms with E-state index in [0.29, 0.717) is 10.4 Å². The number of rotatable bonds is 7. The molecule has 0 unspecified atom stereocenters. The molecule has 1 aromatic heterocycles. The van der Waals surface area contributed by atoms with Gasteiger partial charge < -0.3 is 9.74 Å². The maximum atomic E-state index is 12.9. The maximum absolute atomic E-state index is 12.9. The second-order valence-corrected chi connectivity index (χ2v) is 10.5. The van der Waals surface area contributed by atoms with Gasteiger partial charge in [0, 0.05) is 25.9 Å². The lowest BCUT2D eigenvalue weighted by Crippen LogP contribution is -2.25. The van der Waals surface area contributed by atoms with E-state index in [1.54, 1.807) is 14.1 Å². The third kappa shape index (κ3) is 5.88. The van der Waals surface area contributed by atoms with Crippen LogP contribution in [0.4, 0.5) is 5.13 Å². The van der Waals surface area contributed by atoms with Gasteiger partial charge in [-0.2, -0.15) is 0 Å². The molecule has 1 saturated carbocycles. The van der Waals surface area contributed by atoms with Gasteiger partial charge in [0.05, 0.1) is 11.1 Å². The van der Waals surface area contributed by atoms with Crippen molar-refractivity contribution in [3.63, 3.8) is 0 Å². The number of anilines is 1. The molecule has 0 atom stereocenters. The zero-order valence-electron chi connectivity index (χ0n) is 17.5. The summed E-state index contributed by atoms with van der Waals surface area (Å²) in [6.45, 7) is 0. The zero-order chi connectivity index (χ0) is 22.6. The average Bonchev–Trinajstić information content (AvgIpc) is 3.39. The summed E-state index contributed by atoms with van der Waals surface area (Å²) in [4.78, 5) is 36.6. The van der Waals surface area contributed by atoms with Gasteiger partial charge in [-0.1, -0.05) is 28.6 Å². The predicted octanol–water partition coefficient (Wildman–Crippen LogP) is 2.55. The number of aromatic nitrogens is 1. The molecule has 1 aliphatic rings. The molecule has 0 bridgehead atoms. The number of carbonyl (C=O) groups is 2. The van der Waals surface area contributed by atoms with Crippen LogP contribution in [-0.4, -0.2) is 62.3 Å². The Morgan fingerprint density at radius 2 is 1.84 bits per heavy atom. The van der Waals surface area contributed by atoms with Crippen molar-refractivity contribution in [2.75, 3.05) is 25.7 Å². The van der Waals surface area contributed by atoms with Crippen molar-refractivity contribution in [2.45, 2.75) is 36.7 Å². The normalized spacial score (nSPS) is 15.0. The molecule has 0 saturated heterocycles. The fourth-order valence-corrected chi connectivity index (χ4v) is 4.48. The highest BCUT2D eigenvalue weighted by Gasteiger charge is 2.22. The smallest absolute Gasteiger partial charge is 0.280 e. The Morgan fingerprint density at radius 3 is 2.42 bits per heavy atom. The second kappa shape index (κ2) is 9.56. The van der Waals surface area contributed by atoms with Crippen LogP contribution in [0.2, 0.25) is 0 Å². The maximum Gasteiger partial charge on any atom is 0.280 e. The van der Waals surface area contributed by atoms with Gasteiger partial charge in [-0.15, -0.1) is 0 Å². The largest absolute Gasteiger partial charge is 0.392 e.